The third-order valence-corrected chi connectivity index (χ3v) is 5.76. The molecule has 1 aliphatic heterocycles. The highest BCUT2D eigenvalue weighted by Gasteiger charge is 2.30. The molecule has 0 radical (unpaired) electrons. The van der Waals surface area contributed by atoms with Gasteiger partial charge >= 0.3 is 0 Å². The number of nitrogens with one attached hydrogen (secondary N) is 1. The van der Waals surface area contributed by atoms with Gasteiger partial charge in [-0.05, 0) is 60.6 Å². The summed E-state index contributed by atoms with van der Waals surface area (Å²) in [5, 5.41) is 19.5. The molecule has 2 aromatic rings. The predicted molar refractivity (Wildman–Crippen MR) is 129 cm³/mol. The summed E-state index contributed by atoms with van der Waals surface area (Å²) in [5.74, 6) is 1.34. The van der Waals surface area contributed by atoms with Crippen molar-refractivity contribution in [3.05, 3.63) is 58.1 Å². The molecule has 0 saturated carbocycles. The second kappa shape index (κ2) is 8.27. The number of hydrogen-bond donors (Lipinski definition) is 2. The number of rotatable bonds is 5. The van der Waals surface area contributed by atoms with Crippen LogP contribution in [0.4, 0.5) is 0 Å². The number of phenols is 1. The minimum Gasteiger partial charge on any atom is -0.507 e. The van der Waals surface area contributed by atoms with Gasteiger partial charge in [0.25, 0.3) is 0 Å². The SMILES string of the molecule is CC(C)Oc1ccc2c(c1)CN(CC(=O)c1cc(C(C)(C)C)c(O)c(C(C)(C)C)c1)C2=N. The van der Waals surface area contributed by atoms with E-state index in [0.717, 1.165) is 28.0 Å². The Morgan fingerprint density at radius 2 is 1.62 bits per heavy atom. The smallest absolute Gasteiger partial charge is 0.182 e. The third kappa shape index (κ3) is 4.82. The molecule has 32 heavy (non-hydrogen) atoms. The largest absolute Gasteiger partial charge is 0.507 e. The molecule has 3 rings (SSSR count). The lowest BCUT2D eigenvalue weighted by Crippen LogP contribution is -2.30. The Kier molecular flexibility index (Phi) is 6.16. The number of hydrogen-bond acceptors (Lipinski definition) is 4. The molecule has 0 fully saturated rings. The Bertz CT molecular complexity index is 1020. The van der Waals surface area contributed by atoms with Crippen molar-refractivity contribution in [2.75, 3.05) is 6.54 Å². The third-order valence-electron chi connectivity index (χ3n) is 5.76. The molecule has 0 aliphatic carbocycles. The fourth-order valence-corrected chi connectivity index (χ4v) is 4.07. The fraction of sp³-hybridized carbons (Fsp3) is 0.481. The highest BCUT2D eigenvalue weighted by atomic mass is 16.5. The number of carbonyl (C=O) groups is 1. The van der Waals surface area contributed by atoms with Gasteiger partial charge in [-0.3, -0.25) is 10.2 Å². The zero-order valence-electron chi connectivity index (χ0n) is 20.6. The van der Waals surface area contributed by atoms with Gasteiger partial charge in [0, 0.05) is 28.8 Å². The number of fused-ring (bicyclic) bond motifs is 1. The summed E-state index contributed by atoms with van der Waals surface area (Å²) in [4.78, 5) is 15.1. The van der Waals surface area contributed by atoms with Gasteiger partial charge in [-0.2, -0.15) is 0 Å². The van der Waals surface area contributed by atoms with E-state index in [9.17, 15) is 9.90 Å². The molecular formula is C27H36N2O3. The number of amidine groups is 1. The number of phenolic OH excluding ortho intramolecular Hbond substituents is 1. The number of ketones is 1. The Labute approximate surface area is 191 Å². The van der Waals surface area contributed by atoms with Gasteiger partial charge in [0.2, 0.25) is 0 Å². The van der Waals surface area contributed by atoms with Crippen molar-refractivity contribution in [3.8, 4) is 11.5 Å². The minimum absolute atomic E-state index is 0.0581. The molecule has 2 N–H and O–H groups in total. The van der Waals surface area contributed by atoms with Gasteiger partial charge in [0.15, 0.2) is 5.78 Å². The topological polar surface area (TPSA) is 73.6 Å². The average Bonchev–Trinajstić information content (AvgIpc) is 2.94. The van der Waals surface area contributed by atoms with Crippen molar-refractivity contribution in [1.29, 1.82) is 5.41 Å². The summed E-state index contributed by atoms with van der Waals surface area (Å²) in [6.07, 6.45) is 0.0788. The summed E-state index contributed by atoms with van der Waals surface area (Å²) in [5.41, 5.74) is 3.34. The second-order valence-electron chi connectivity index (χ2n) is 11.0. The van der Waals surface area contributed by atoms with Crippen LogP contribution in [0.15, 0.2) is 30.3 Å². The van der Waals surface area contributed by atoms with Gasteiger partial charge in [-0.15, -0.1) is 0 Å². The number of nitrogens with zero attached hydrogens (tertiary/aromatic N) is 1. The normalized spacial score (nSPS) is 14.2. The van der Waals surface area contributed by atoms with Crippen LogP contribution in [-0.2, 0) is 17.4 Å². The maximum absolute atomic E-state index is 13.3. The van der Waals surface area contributed by atoms with Crippen molar-refractivity contribution in [2.45, 2.75) is 78.9 Å². The molecule has 5 nitrogen and oxygen atoms in total. The highest BCUT2D eigenvalue weighted by Crippen LogP contribution is 2.40. The molecule has 0 bridgehead atoms. The van der Waals surface area contributed by atoms with Crippen molar-refractivity contribution < 1.29 is 14.6 Å². The lowest BCUT2D eigenvalue weighted by atomic mass is 9.78. The number of ether oxygens (including phenoxy) is 1. The Morgan fingerprint density at radius 3 is 2.12 bits per heavy atom. The van der Waals surface area contributed by atoms with E-state index in [1.807, 2.05) is 85.7 Å². The predicted octanol–water partition coefficient (Wildman–Crippen LogP) is 5.80. The van der Waals surface area contributed by atoms with Crippen LogP contribution in [-0.4, -0.2) is 34.3 Å². The van der Waals surface area contributed by atoms with Crippen LogP contribution >= 0.6 is 0 Å². The number of Topliss-reactive ketones (excluding diaryl/α,β-unsaturated/α-hetero) is 1. The summed E-state index contributed by atoms with van der Waals surface area (Å²) in [6, 6.07) is 9.37. The van der Waals surface area contributed by atoms with Gasteiger partial charge < -0.3 is 14.7 Å². The van der Waals surface area contributed by atoms with Crippen LogP contribution in [0, 0.1) is 5.41 Å². The molecular weight excluding hydrogens is 400 g/mol. The van der Waals surface area contributed by atoms with Gasteiger partial charge in [-0.1, -0.05) is 41.5 Å². The van der Waals surface area contributed by atoms with Crippen LogP contribution in [0.1, 0.15) is 88.0 Å². The molecule has 0 atom stereocenters. The van der Waals surface area contributed by atoms with Crippen molar-refractivity contribution in [1.82, 2.24) is 4.90 Å². The maximum atomic E-state index is 13.3. The Balaban J connectivity index is 1.89. The van der Waals surface area contributed by atoms with Crippen LogP contribution in [0.5, 0.6) is 11.5 Å². The van der Waals surface area contributed by atoms with E-state index in [-0.39, 0.29) is 35.0 Å². The summed E-state index contributed by atoms with van der Waals surface area (Å²) in [6.45, 7) is 16.8. The maximum Gasteiger partial charge on any atom is 0.182 e. The van der Waals surface area contributed by atoms with Crippen LogP contribution in [0.3, 0.4) is 0 Å². The van der Waals surface area contributed by atoms with E-state index in [1.54, 1.807) is 4.90 Å². The second-order valence-corrected chi connectivity index (χ2v) is 11.0. The molecule has 2 aromatic carbocycles. The number of aromatic hydroxyl groups is 1. The van der Waals surface area contributed by atoms with Gasteiger partial charge in [0.1, 0.15) is 17.3 Å². The molecule has 0 saturated heterocycles. The van der Waals surface area contributed by atoms with E-state index < -0.39 is 0 Å². The standard InChI is InChI=1S/C27H36N2O3/c1-16(2)32-19-9-10-20-18(11-19)14-29(25(20)28)15-23(30)17-12-21(26(3,4)5)24(31)22(13-17)27(6,7)8/h9-13,16,28,31H,14-15H2,1-8H3. The quantitative estimate of drug-likeness (QED) is 0.581. The zero-order valence-corrected chi connectivity index (χ0v) is 20.6. The minimum atomic E-state index is -0.302. The molecule has 0 spiro atoms. The lowest BCUT2D eigenvalue weighted by molar-refractivity contribution is 0.0962. The first-order chi connectivity index (χ1) is 14.7. The molecule has 0 unspecified atom stereocenters. The molecule has 0 amide bonds. The highest BCUT2D eigenvalue weighted by molar-refractivity contribution is 6.05. The van der Waals surface area contributed by atoms with Crippen molar-refractivity contribution in [3.63, 3.8) is 0 Å². The Morgan fingerprint density at radius 1 is 1.06 bits per heavy atom. The Hall–Kier alpha value is -2.82. The number of carbonyl (C=O) groups excluding carboxylic acids is 1. The van der Waals surface area contributed by atoms with Gasteiger partial charge in [-0.25, -0.2) is 0 Å². The van der Waals surface area contributed by atoms with E-state index in [2.05, 4.69) is 0 Å². The molecule has 172 valence electrons. The zero-order chi connectivity index (χ0) is 24.0. The fourth-order valence-electron chi connectivity index (χ4n) is 4.07. The molecule has 0 aromatic heterocycles. The monoisotopic (exact) mass is 436 g/mol. The molecule has 5 heteroatoms. The van der Waals surface area contributed by atoms with Crippen molar-refractivity contribution >= 4 is 11.6 Å². The van der Waals surface area contributed by atoms with E-state index >= 15 is 0 Å². The summed E-state index contributed by atoms with van der Waals surface area (Å²) in [7, 11) is 0. The van der Waals surface area contributed by atoms with Crippen LogP contribution in [0.2, 0.25) is 0 Å². The first-order valence-electron chi connectivity index (χ1n) is 11.2. The van der Waals surface area contributed by atoms with E-state index in [4.69, 9.17) is 10.1 Å². The van der Waals surface area contributed by atoms with E-state index in [0.29, 0.717) is 17.9 Å². The molecule has 1 heterocycles. The number of benzene rings is 2. The first-order valence-corrected chi connectivity index (χ1v) is 11.2. The van der Waals surface area contributed by atoms with Crippen molar-refractivity contribution in [2.24, 2.45) is 0 Å². The lowest BCUT2D eigenvalue weighted by Gasteiger charge is -2.28. The van der Waals surface area contributed by atoms with Crippen LogP contribution in [0.25, 0.3) is 0 Å². The first kappa shape index (κ1) is 23.8. The van der Waals surface area contributed by atoms with E-state index in [1.165, 1.54) is 0 Å². The summed E-state index contributed by atoms with van der Waals surface area (Å²) < 4.78 is 5.78. The van der Waals surface area contributed by atoms with Crippen LogP contribution < -0.4 is 4.74 Å². The summed E-state index contributed by atoms with van der Waals surface area (Å²) >= 11 is 0. The average molecular weight is 437 g/mol. The van der Waals surface area contributed by atoms with Gasteiger partial charge in [0.05, 0.1) is 12.6 Å². The molecule has 1 aliphatic rings.